The summed E-state index contributed by atoms with van der Waals surface area (Å²) in [5.41, 5.74) is 2.54. The molecule has 1 aromatic heterocycles. The third-order valence-corrected chi connectivity index (χ3v) is 5.12. The standard InChI is InChI=1S/C17H32BrN3/c1-6-10-19-14(11-13(5)7-2)12-16-17(18)15(8-3)20-21(16)9-4/h13-14,19H,6-12H2,1-5H3. The lowest BCUT2D eigenvalue weighted by Gasteiger charge is -2.22. The van der Waals surface area contributed by atoms with Crippen molar-refractivity contribution in [1.29, 1.82) is 0 Å². The second-order valence-corrected chi connectivity index (χ2v) is 6.77. The zero-order valence-corrected chi connectivity index (χ0v) is 16.0. The summed E-state index contributed by atoms with van der Waals surface area (Å²) in [4.78, 5) is 0. The van der Waals surface area contributed by atoms with Crippen LogP contribution in [0, 0.1) is 5.92 Å². The van der Waals surface area contributed by atoms with Crippen LogP contribution in [-0.2, 0) is 19.4 Å². The van der Waals surface area contributed by atoms with E-state index in [9.17, 15) is 0 Å². The van der Waals surface area contributed by atoms with Gasteiger partial charge in [-0.25, -0.2) is 0 Å². The van der Waals surface area contributed by atoms with Crippen molar-refractivity contribution in [3.63, 3.8) is 0 Å². The molecule has 1 heterocycles. The minimum Gasteiger partial charge on any atom is -0.314 e. The van der Waals surface area contributed by atoms with Gasteiger partial charge in [0.1, 0.15) is 0 Å². The Morgan fingerprint density at radius 1 is 1.24 bits per heavy atom. The Bertz CT molecular complexity index is 414. The van der Waals surface area contributed by atoms with Gasteiger partial charge in [0.2, 0.25) is 0 Å². The molecule has 0 radical (unpaired) electrons. The van der Waals surface area contributed by atoms with E-state index in [1.807, 2.05) is 0 Å². The normalized spacial score (nSPS) is 14.4. The first-order chi connectivity index (χ1) is 10.1. The van der Waals surface area contributed by atoms with E-state index < -0.39 is 0 Å². The molecule has 0 spiro atoms. The highest BCUT2D eigenvalue weighted by Gasteiger charge is 2.19. The molecule has 0 bridgehead atoms. The van der Waals surface area contributed by atoms with E-state index in [0.29, 0.717) is 6.04 Å². The average molecular weight is 358 g/mol. The molecule has 0 aromatic carbocycles. The second-order valence-electron chi connectivity index (χ2n) is 5.98. The van der Waals surface area contributed by atoms with Crippen molar-refractivity contribution in [3.8, 4) is 0 Å². The fourth-order valence-corrected chi connectivity index (χ4v) is 3.41. The number of aryl methyl sites for hydroxylation is 2. The van der Waals surface area contributed by atoms with E-state index in [0.717, 1.165) is 31.8 Å². The SMILES string of the molecule is CCCNC(Cc1c(Br)c(CC)nn1CC)CC(C)CC. The third-order valence-electron chi connectivity index (χ3n) is 4.20. The highest BCUT2D eigenvalue weighted by Crippen LogP contribution is 2.25. The molecule has 3 nitrogen and oxygen atoms in total. The number of hydrogen-bond acceptors (Lipinski definition) is 2. The Kier molecular flexibility index (Phi) is 8.57. The van der Waals surface area contributed by atoms with Gasteiger partial charge in [0, 0.05) is 19.0 Å². The van der Waals surface area contributed by atoms with Crippen LogP contribution in [0.25, 0.3) is 0 Å². The van der Waals surface area contributed by atoms with Crippen LogP contribution in [0.4, 0.5) is 0 Å². The van der Waals surface area contributed by atoms with E-state index in [2.05, 4.69) is 60.5 Å². The van der Waals surface area contributed by atoms with Crippen molar-refractivity contribution in [2.45, 2.75) is 79.3 Å². The molecule has 1 rings (SSSR count). The van der Waals surface area contributed by atoms with E-state index in [1.54, 1.807) is 0 Å². The monoisotopic (exact) mass is 357 g/mol. The number of halogens is 1. The van der Waals surface area contributed by atoms with Crippen LogP contribution in [0.15, 0.2) is 4.47 Å². The number of nitrogens with zero attached hydrogens (tertiary/aromatic N) is 2. The molecule has 0 saturated heterocycles. The molecular formula is C17H32BrN3. The van der Waals surface area contributed by atoms with E-state index in [1.165, 1.54) is 35.1 Å². The molecule has 2 unspecified atom stereocenters. The molecule has 1 aromatic rings. The van der Waals surface area contributed by atoms with Crippen LogP contribution < -0.4 is 5.32 Å². The number of hydrogen-bond donors (Lipinski definition) is 1. The van der Waals surface area contributed by atoms with Gasteiger partial charge in [-0.1, -0.05) is 34.1 Å². The summed E-state index contributed by atoms with van der Waals surface area (Å²) < 4.78 is 3.39. The molecule has 0 fully saturated rings. The van der Waals surface area contributed by atoms with E-state index in [-0.39, 0.29) is 0 Å². The van der Waals surface area contributed by atoms with Crippen molar-refractivity contribution in [2.75, 3.05) is 6.54 Å². The zero-order chi connectivity index (χ0) is 15.8. The fraction of sp³-hybridized carbons (Fsp3) is 0.824. The molecule has 122 valence electrons. The summed E-state index contributed by atoms with van der Waals surface area (Å²) in [6, 6.07) is 0.544. The fourth-order valence-electron chi connectivity index (χ4n) is 2.69. The molecule has 0 aliphatic rings. The van der Waals surface area contributed by atoms with Gasteiger partial charge in [-0.05, 0) is 54.6 Å². The van der Waals surface area contributed by atoms with Crippen LogP contribution in [0.3, 0.4) is 0 Å². The Hall–Kier alpha value is -0.350. The lowest BCUT2D eigenvalue weighted by atomic mass is 9.96. The van der Waals surface area contributed by atoms with Crippen molar-refractivity contribution >= 4 is 15.9 Å². The van der Waals surface area contributed by atoms with Crippen LogP contribution in [0.5, 0.6) is 0 Å². The van der Waals surface area contributed by atoms with Crippen LogP contribution in [-0.4, -0.2) is 22.4 Å². The topological polar surface area (TPSA) is 29.9 Å². The lowest BCUT2D eigenvalue weighted by Crippen LogP contribution is -2.34. The zero-order valence-electron chi connectivity index (χ0n) is 14.4. The maximum atomic E-state index is 4.72. The third kappa shape index (κ3) is 5.41. The van der Waals surface area contributed by atoms with Crippen LogP contribution in [0.2, 0.25) is 0 Å². The Balaban J connectivity index is 2.88. The van der Waals surface area contributed by atoms with Gasteiger partial charge < -0.3 is 5.32 Å². The number of rotatable bonds is 10. The van der Waals surface area contributed by atoms with Crippen molar-refractivity contribution in [2.24, 2.45) is 5.92 Å². The van der Waals surface area contributed by atoms with Gasteiger partial charge in [0.15, 0.2) is 0 Å². The first-order valence-electron chi connectivity index (χ1n) is 8.54. The second kappa shape index (κ2) is 9.62. The number of nitrogens with one attached hydrogen (secondary N) is 1. The quantitative estimate of drug-likeness (QED) is 0.664. The van der Waals surface area contributed by atoms with E-state index >= 15 is 0 Å². The van der Waals surface area contributed by atoms with Gasteiger partial charge in [0.05, 0.1) is 15.9 Å². The molecule has 0 aliphatic heterocycles. The Morgan fingerprint density at radius 2 is 1.95 bits per heavy atom. The lowest BCUT2D eigenvalue weighted by molar-refractivity contribution is 0.384. The number of aromatic nitrogens is 2. The first kappa shape index (κ1) is 18.7. The van der Waals surface area contributed by atoms with Crippen molar-refractivity contribution < 1.29 is 0 Å². The summed E-state index contributed by atoms with van der Waals surface area (Å²) in [7, 11) is 0. The smallest absolute Gasteiger partial charge is 0.0766 e. The first-order valence-corrected chi connectivity index (χ1v) is 9.33. The minimum absolute atomic E-state index is 0.544. The predicted molar refractivity (Wildman–Crippen MR) is 94.8 cm³/mol. The minimum atomic E-state index is 0.544. The summed E-state index contributed by atoms with van der Waals surface area (Å²) in [6.07, 6.45) is 5.72. The summed E-state index contributed by atoms with van der Waals surface area (Å²) in [5.74, 6) is 0.766. The highest BCUT2D eigenvalue weighted by atomic mass is 79.9. The molecular weight excluding hydrogens is 326 g/mol. The Labute approximate surface area is 139 Å². The average Bonchev–Trinajstić information content (AvgIpc) is 2.80. The van der Waals surface area contributed by atoms with Crippen LogP contribution >= 0.6 is 15.9 Å². The highest BCUT2D eigenvalue weighted by molar-refractivity contribution is 9.10. The van der Waals surface area contributed by atoms with Crippen molar-refractivity contribution in [1.82, 2.24) is 15.1 Å². The molecule has 0 amide bonds. The molecule has 0 saturated carbocycles. The van der Waals surface area contributed by atoms with Gasteiger partial charge >= 0.3 is 0 Å². The van der Waals surface area contributed by atoms with Gasteiger partial charge in [-0.2, -0.15) is 5.10 Å². The summed E-state index contributed by atoms with van der Waals surface area (Å²) in [5, 5.41) is 8.45. The Morgan fingerprint density at radius 3 is 2.48 bits per heavy atom. The molecule has 1 N–H and O–H groups in total. The maximum absolute atomic E-state index is 4.72. The van der Waals surface area contributed by atoms with Gasteiger partial charge in [0.25, 0.3) is 0 Å². The maximum Gasteiger partial charge on any atom is 0.0766 e. The van der Waals surface area contributed by atoms with Crippen molar-refractivity contribution in [3.05, 3.63) is 15.9 Å². The van der Waals surface area contributed by atoms with Crippen LogP contribution in [0.1, 0.15) is 65.3 Å². The predicted octanol–water partition coefficient (Wildman–Crippen LogP) is 4.57. The molecule has 2 atom stereocenters. The molecule has 0 aliphatic carbocycles. The molecule has 4 heteroatoms. The van der Waals surface area contributed by atoms with Gasteiger partial charge in [-0.15, -0.1) is 0 Å². The molecule has 21 heavy (non-hydrogen) atoms. The summed E-state index contributed by atoms with van der Waals surface area (Å²) >= 11 is 3.77. The van der Waals surface area contributed by atoms with E-state index in [4.69, 9.17) is 5.10 Å². The summed E-state index contributed by atoms with van der Waals surface area (Å²) in [6.45, 7) is 13.2. The van der Waals surface area contributed by atoms with Gasteiger partial charge in [-0.3, -0.25) is 4.68 Å². The largest absolute Gasteiger partial charge is 0.314 e.